The number of hydrogen-bond donors (Lipinski definition) is 1. The van der Waals surface area contributed by atoms with Crippen LogP contribution in [0.5, 0.6) is 0 Å². The molecule has 0 heterocycles. The topological polar surface area (TPSA) is 93.8 Å². The van der Waals surface area contributed by atoms with Gasteiger partial charge in [0.05, 0.1) is 34.1 Å². The molecule has 186 valence electrons. The van der Waals surface area contributed by atoms with Gasteiger partial charge in [0, 0.05) is 23.2 Å². The molecule has 0 aliphatic rings. The molecule has 0 aliphatic heterocycles. The molecule has 0 aromatic heterocycles. The Hall–Kier alpha value is -3.16. The summed E-state index contributed by atoms with van der Waals surface area (Å²) in [7, 11) is -3.40. The molecule has 3 rings (SSSR count). The summed E-state index contributed by atoms with van der Waals surface area (Å²) < 4.78 is 24.4. The lowest BCUT2D eigenvalue weighted by Gasteiger charge is -2.36. The van der Waals surface area contributed by atoms with Gasteiger partial charge in [0.15, 0.2) is 9.84 Å². The molecule has 0 saturated heterocycles. The van der Waals surface area contributed by atoms with Crippen molar-refractivity contribution in [2.24, 2.45) is 5.41 Å². The van der Waals surface area contributed by atoms with Crippen LogP contribution in [0, 0.1) is 28.1 Å². The molecule has 2 unspecified atom stereocenters. The predicted octanol–water partition coefficient (Wildman–Crippen LogP) is 6.21. The summed E-state index contributed by atoms with van der Waals surface area (Å²) in [4.78, 5) is 0.215. The maximum absolute atomic E-state index is 12.2. The standard InChI is InChI=1S/C29H30ClN3O2S/c1-20(33-28(29(2,3)19-32)24-9-6-10-26(17-24)36(4,34)35)27(16-21-11-13-25(30)14-12-21)23-8-5-7-22(15-23)18-31/h5-15,17,20,27-28,33H,16H2,1-4H3/t20?,27?,28-/m0/s1. The summed E-state index contributed by atoms with van der Waals surface area (Å²) in [6, 6.07) is 26.0. The first-order chi connectivity index (χ1) is 16.9. The molecule has 36 heavy (non-hydrogen) atoms. The van der Waals surface area contributed by atoms with Crippen LogP contribution in [-0.4, -0.2) is 20.7 Å². The maximum atomic E-state index is 12.2. The summed E-state index contributed by atoms with van der Waals surface area (Å²) in [5.74, 6) is -0.0328. The van der Waals surface area contributed by atoms with Gasteiger partial charge < -0.3 is 5.32 Å². The summed E-state index contributed by atoms with van der Waals surface area (Å²) in [6.07, 6.45) is 1.86. The molecule has 0 radical (unpaired) electrons. The van der Waals surface area contributed by atoms with Crippen LogP contribution >= 0.6 is 11.6 Å². The summed E-state index contributed by atoms with van der Waals surface area (Å²) in [5, 5.41) is 23.8. The van der Waals surface area contributed by atoms with Crippen molar-refractivity contribution in [1.29, 1.82) is 10.5 Å². The highest BCUT2D eigenvalue weighted by molar-refractivity contribution is 7.90. The molecule has 0 saturated carbocycles. The highest BCUT2D eigenvalue weighted by Gasteiger charge is 2.34. The van der Waals surface area contributed by atoms with Gasteiger partial charge in [0.25, 0.3) is 0 Å². The molecular formula is C29H30ClN3O2S. The zero-order chi connectivity index (χ0) is 26.5. The maximum Gasteiger partial charge on any atom is 0.175 e. The molecule has 3 aromatic carbocycles. The van der Waals surface area contributed by atoms with Crippen molar-refractivity contribution in [3.8, 4) is 12.1 Å². The summed E-state index contributed by atoms with van der Waals surface area (Å²) >= 11 is 6.09. The molecule has 0 amide bonds. The van der Waals surface area contributed by atoms with Crippen molar-refractivity contribution >= 4 is 21.4 Å². The van der Waals surface area contributed by atoms with E-state index in [1.807, 2.05) is 62.4 Å². The third-order valence-corrected chi connectivity index (χ3v) is 7.84. The second-order valence-electron chi connectivity index (χ2n) is 9.74. The van der Waals surface area contributed by atoms with Crippen LogP contribution in [0.4, 0.5) is 0 Å². The van der Waals surface area contributed by atoms with E-state index in [9.17, 15) is 18.9 Å². The Balaban J connectivity index is 2.04. The summed E-state index contributed by atoms with van der Waals surface area (Å²) in [6.45, 7) is 5.74. The second-order valence-corrected chi connectivity index (χ2v) is 12.2. The average molecular weight is 520 g/mol. The lowest BCUT2D eigenvalue weighted by Crippen LogP contribution is -2.42. The molecule has 3 atom stereocenters. The van der Waals surface area contributed by atoms with E-state index in [4.69, 9.17) is 11.6 Å². The predicted molar refractivity (Wildman–Crippen MR) is 143 cm³/mol. The minimum absolute atomic E-state index is 0.0328. The zero-order valence-corrected chi connectivity index (χ0v) is 22.4. The van der Waals surface area contributed by atoms with Gasteiger partial charge >= 0.3 is 0 Å². The number of sulfone groups is 1. The molecule has 0 aliphatic carbocycles. The highest BCUT2D eigenvalue weighted by Crippen LogP contribution is 2.36. The molecule has 0 spiro atoms. The number of hydrogen-bond acceptors (Lipinski definition) is 5. The number of rotatable bonds is 9. The summed E-state index contributed by atoms with van der Waals surface area (Å²) in [5.41, 5.74) is 2.57. The molecule has 0 bridgehead atoms. The van der Waals surface area contributed by atoms with Gasteiger partial charge in [-0.05, 0) is 80.3 Å². The van der Waals surface area contributed by atoms with Crippen LogP contribution in [0.25, 0.3) is 0 Å². The minimum atomic E-state index is -3.40. The van der Waals surface area contributed by atoms with Gasteiger partial charge in [-0.2, -0.15) is 10.5 Å². The third kappa shape index (κ3) is 6.74. The number of benzene rings is 3. The van der Waals surface area contributed by atoms with Crippen molar-refractivity contribution < 1.29 is 8.42 Å². The number of nitriles is 2. The highest BCUT2D eigenvalue weighted by atomic mass is 35.5. The first kappa shape index (κ1) is 27.4. The first-order valence-corrected chi connectivity index (χ1v) is 13.9. The van der Waals surface area contributed by atoms with E-state index in [0.29, 0.717) is 17.0 Å². The molecule has 5 nitrogen and oxygen atoms in total. The van der Waals surface area contributed by atoms with Crippen LogP contribution in [0.15, 0.2) is 77.7 Å². The smallest absolute Gasteiger partial charge is 0.175 e. The van der Waals surface area contributed by atoms with Crippen molar-refractivity contribution in [1.82, 2.24) is 5.32 Å². The Morgan fingerprint density at radius 1 is 0.972 bits per heavy atom. The fraction of sp³-hybridized carbons (Fsp3) is 0.310. The Labute approximate surface area is 219 Å². The Morgan fingerprint density at radius 2 is 1.61 bits per heavy atom. The fourth-order valence-corrected chi connectivity index (χ4v) is 5.19. The van der Waals surface area contributed by atoms with E-state index in [1.165, 1.54) is 6.26 Å². The number of nitrogens with one attached hydrogen (secondary N) is 1. The van der Waals surface area contributed by atoms with E-state index in [2.05, 4.69) is 24.4 Å². The number of halogens is 1. The lowest BCUT2D eigenvalue weighted by molar-refractivity contribution is 0.280. The van der Waals surface area contributed by atoms with E-state index in [0.717, 1.165) is 16.7 Å². The molecule has 1 N–H and O–H groups in total. The Kier molecular flexibility index (Phi) is 8.59. The van der Waals surface area contributed by atoms with E-state index >= 15 is 0 Å². The SMILES string of the molecule is CC(N[C@@H](c1cccc(S(C)(=O)=O)c1)C(C)(C)C#N)C(Cc1ccc(Cl)cc1)c1cccc(C#N)c1. The monoisotopic (exact) mass is 519 g/mol. The Bertz CT molecular complexity index is 1400. The van der Waals surface area contributed by atoms with Gasteiger partial charge in [-0.1, -0.05) is 48.0 Å². The van der Waals surface area contributed by atoms with Gasteiger partial charge in [-0.25, -0.2) is 8.42 Å². The van der Waals surface area contributed by atoms with Gasteiger partial charge in [-0.3, -0.25) is 0 Å². The van der Waals surface area contributed by atoms with Crippen molar-refractivity contribution in [3.63, 3.8) is 0 Å². The molecule has 0 fully saturated rings. The lowest BCUT2D eigenvalue weighted by atomic mass is 9.79. The van der Waals surface area contributed by atoms with E-state index in [-0.39, 0.29) is 16.9 Å². The van der Waals surface area contributed by atoms with E-state index in [1.54, 1.807) is 24.3 Å². The van der Waals surface area contributed by atoms with Crippen LogP contribution < -0.4 is 5.32 Å². The fourth-order valence-electron chi connectivity index (χ4n) is 4.39. The molecular weight excluding hydrogens is 490 g/mol. The minimum Gasteiger partial charge on any atom is -0.305 e. The number of nitrogens with zero attached hydrogens (tertiary/aromatic N) is 2. The van der Waals surface area contributed by atoms with Crippen molar-refractivity contribution in [2.75, 3.05) is 6.26 Å². The van der Waals surface area contributed by atoms with Crippen LogP contribution in [0.3, 0.4) is 0 Å². The van der Waals surface area contributed by atoms with Crippen LogP contribution in [0.1, 0.15) is 55.0 Å². The molecule has 3 aromatic rings. The van der Waals surface area contributed by atoms with Gasteiger partial charge in [0.1, 0.15) is 0 Å². The third-order valence-electron chi connectivity index (χ3n) is 6.48. The Morgan fingerprint density at radius 3 is 2.22 bits per heavy atom. The van der Waals surface area contributed by atoms with Crippen molar-refractivity contribution in [3.05, 3.63) is 100 Å². The molecule has 7 heteroatoms. The largest absolute Gasteiger partial charge is 0.305 e. The van der Waals surface area contributed by atoms with Crippen molar-refractivity contribution in [2.45, 2.75) is 50.1 Å². The quantitative estimate of drug-likeness (QED) is 0.362. The normalized spacial score (nSPS) is 14.3. The first-order valence-electron chi connectivity index (χ1n) is 11.7. The zero-order valence-electron chi connectivity index (χ0n) is 20.9. The van der Waals surface area contributed by atoms with Crippen LogP contribution in [-0.2, 0) is 16.3 Å². The second kappa shape index (κ2) is 11.3. The van der Waals surface area contributed by atoms with Gasteiger partial charge in [-0.15, -0.1) is 0 Å². The average Bonchev–Trinajstić information content (AvgIpc) is 2.86. The van der Waals surface area contributed by atoms with Gasteiger partial charge in [0.2, 0.25) is 0 Å². The van der Waals surface area contributed by atoms with Crippen LogP contribution in [0.2, 0.25) is 5.02 Å². The van der Waals surface area contributed by atoms with E-state index < -0.39 is 21.3 Å².